The van der Waals surface area contributed by atoms with Crippen molar-refractivity contribution in [1.82, 2.24) is 4.90 Å². The molecule has 4 aromatic carbocycles. The minimum Gasteiger partial charge on any atom is -0.459 e. The monoisotopic (exact) mass is 941 g/mol. The van der Waals surface area contributed by atoms with Crippen molar-refractivity contribution in [3.8, 4) is 28.4 Å². The maximum Gasteiger partial charge on any atom is 0.239 e. The predicted molar refractivity (Wildman–Crippen MR) is 269 cm³/mol. The fourth-order valence-electron chi connectivity index (χ4n) is 11.5. The van der Waals surface area contributed by atoms with Gasteiger partial charge in [0.2, 0.25) is 11.7 Å². The molecule has 368 valence electrons. The van der Waals surface area contributed by atoms with E-state index in [2.05, 4.69) is 43.0 Å². The first-order valence-electron chi connectivity index (χ1n) is 25.5. The number of carbonyl (C=O) groups excluding carboxylic acids is 1. The van der Waals surface area contributed by atoms with E-state index in [-0.39, 0.29) is 76.5 Å². The Morgan fingerprint density at radius 1 is 0.812 bits per heavy atom. The third kappa shape index (κ3) is 12.2. The van der Waals surface area contributed by atoms with Crippen LogP contribution in [-0.2, 0) is 25.7 Å². The number of amides is 1. The summed E-state index contributed by atoms with van der Waals surface area (Å²) in [6, 6.07) is 33.8. The summed E-state index contributed by atoms with van der Waals surface area (Å²) in [5, 5.41) is 34.8. The largest absolute Gasteiger partial charge is 0.459 e. The van der Waals surface area contributed by atoms with Crippen molar-refractivity contribution in [3.63, 3.8) is 0 Å². The normalized spacial score (nSPS) is 23.4. The fourth-order valence-corrected chi connectivity index (χ4v) is 11.5. The molecule has 0 aromatic heterocycles. The van der Waals surface area contributed by atoms with Crippen molar-refractivity contribution in [2.75, 3.05) is 46.2 Å². The van der Waals surface area contributed by atoms with E-state index < -0.39 is 17.7 Å². The lowest BCUT2D eigenvalue weighted by molar-refractivity contribution is -0.258. The number of fused-ring (bicyclic) bond motifs is 2. The minimum atomic E-state index is -1.39. The summed E-state index contributed by atoms with van der Waals surface area (Å²) in [5.74, 6) is 0.638. The first-order valence-corrected chi connectivity index (χ1v) is 25.5. The van der Waals surface area contributed by atoms with Crippen LogP contribution in [0.5, 0.6) is 17.2 Å². The second-order valence-electron chi connectivity index (χ2n) is 19.1. The molecular weight excluding hydrogens is 869 g/mol. The number of rotatable bonds is 26. The summed E-state index contributed by atoms with van der Waals surface area (Å²) in [4.78, 5) is 23.3. The van der Waals surface area contributed by atoms with Gasteiger partial charge in [-0.2, -0.15) is 0 Å². The molecule has 4 aliphatic rings. The number of aliphatic hydroxyl groups is 3. The van der Waals surface area contributed by atoms with Gasteiger partial charge in [-0.25, -0.2) is 0 Å². The SMILES string of the molecule is C=CCOC12Oc3ccc(Oc4ccc(-c5ccccc5)cc4)cc3C3C(CCCCO)C(CCCCO)C=C(C(=NOCc4ccccc4)CC1N(CCOCCO)C(=O)CCC1CCCC1)C32. The molecule has 0 bridgehead atoms. The molecule has 3 N–H and O–H groups in total. The van der Waals surface area contributed by atoms with E-state index in [0.717, 1.165) is 78.5 Å². The van der Waals surface area contributed by atoms with E-state index in [9.17, 15) is 15.3 Å². The number of allylic oxidation sites excluding steroid dienone is 1. The molecule has 1 aliphatic heterocycles. The molecule has 0 saturated heterocycles. The van der Waals surface area contributed by atoms with Gasteiger partial charge in [0.25, 0.3) is 0 Å². The van der Waals surface area contributed by atoms with Crippen LogP contribution in [0.4, 0.5) is 0 Å². The zero-order valence-electron chi connectivity index (χ0n) is 40.2. The van der Waals surface area contributed by atoms with E-state index in [1.54, 1.807) is 6.08 Å². The lowest BCUT2D eigenvalue weighted by Gasteiger charge is -2.60. The molecule has 2 saturated carbocycles. The number of nitrogens with zero attached hydrogens (tertiary/aromatic N) is 2. The van der Waals surface area contributed by atoms with E-state index in [1.807, 2.05) is 77.7 Å². The second kappa shape index (κ2) is 25.0. The molecule has 1 heterocycles. The molecule has 4 aromatic rings. The number of ether oxygens (including phenoxy) is 4. The zero-order chi connectivity index (χ0) is 47.8. The van der Waals surface area contributed by atoms with Gasteiger partial charge < -0.3 is 44.0 Å². The third-order valence-electron chi connectivity index (χ3n) is 14.7. The topological polar surface area (TPSA) is 140 Å². The van der Waals surface area contributed by atoms with Crippen LogP contribution in [0.1, 0.15) is 101 Å². The Morgan fingerprint density at radius 3 is 2.25 bits per heavy atom. The van der Waals surface area contributed by atoms with Crippen molar-refractivity contribution in [1.29, 1.82) is 0 Å². The van der Waals surface area contributed by atoms with Gasteiger partial charge in [-0.05, 0) is 102 Å². The summed E-state index contributed by atoms with van der Waals surface area (Å²) < 4.78 is 27.3. The molecular formula is C58H72N2O9. The van der Waals surface area contributed by atoms with Gasteiger partial charge in [0.15, 0.2) is 0 Å². The van der Waals surface area contributed by atoms with Crippen LogP contribution in [0.2, 0.25) is 0 Å². The lowest BCUT2D eigenvalue weighted by Crippen LogP contribution is -2.70. The van der Waals surface area contributed by atoms with E-state index in [4.69, 9.17) is 28.9 Å². The third-order valence-corrected chi connectivity index (χ3v) is 14.7. The summed E-state index contributed by atoms with van der Waals surface area (Å²) >= 11 is 0. The first-order chi connectivity index (χ1) is 34.0. The van der Waals surface area contributed by atoms with Crippen molar-refractivity contribution < 1.29 is 43.9 Å². The number of unbranched alkanes of at least 4 members (excludes halogenated alkanes) is 2. The Kier molecular flexibility index (Phi) is 18.2. The highest BCUT2D eigenvalue weighted by atomic mass is 16.7. The number of oxime groups is 1. The predicted octanol–water partition coefficient (Wildman–Crippen LogP) is 10.8. The van der Waals surface area contributed by atoms with Crippen molar-refractivity contribution in [3.05, 3.63) is 139 Å². The van der Waals surface area contributed by atoms with Gasteiger partial charge in [-0.15, -0.1) is 6.58 Å². The summed E-state index contributed by atoms with van der Waals surface area (Å²) in [6.07, 6.45) is 14.9. The second-order valence-corrected chi connectivity index (χ2v) is 19.1. The molecule has 6 unspecified atom stereocenters. The Balaban J connectivity index is 1.27. The fraction of sp³-hybridized carbons (Fsp3) is 0.483. The average Bonchev–Trinajstić information content (AvgIpc) is 3.91. The molecule has 11 heteroatoms. The van der Waals surface area contributed by atoms with Crippen LogP contribution in [0.3, 0.4) is 0 Å². The molecule has 0 spiro atoms. The van der Waals surface area contributed by atoms with Gasteiger partial charge in [0.1, 0.15) is 29.9 Å². The van der Waals surface area contributed by atoms with Crippen LogP contribution < -0.4 is 9.47 Å². The number of benzene rings is 4. The first kappa shape index (κ1) is 50.1. The highest BCUT2D eigenvalue weighted by molar-refractivity contribution is 6.03. The molecule has 1 amide bonds. The molecule has 8 rings (SSSR count). The Bertz CT molecular complexity index is 2300. The molecule has 69 heavy (non-hydrogen) atoms. The quantitative estimate of drug-likeness (QED) is 0.0319. The number of aliphatic hydroxyl groups excluding tert-OH is 3. The zero-order valence-corrected chi connectivity index (χ0v) is 40.2. The number of carbonyl (C=O) groups is 1. The summed E-state index contributed by atoms with van der Waals surface area (Å²) in [7, 11) is 0. The molecule has 6 atom stereocenters. The molecule has 0 radical (unpaired) electrons. The highest BCUT2D eigenvalue weighted by Gasteiger charge is 2.65. The van der Waals surface area contributed by atoms with E-state index >= 15 is 4.79 Å². The minimum absolute atomic E-state index is 0.00298. The van der Waals surface area contributed by atoms with Gasteiger partial charge in [-0.3, -0.25) is 4.79 Å². The molecule has 11 nitrogen and oxygen atoms in total. The van der Waals surface area contributed by atoms with Crippen molar-refractivity contribution in [2.24, 2.45) is 28.8 Å². The van der Waals surface area contributed by atoms with Gasteiger partial charge in [-0.1, -0.05) is 129 Å². The van der Waals surface area contributed by atoms with Crippen LogP contribution in [-0.4, -0.2) is 89.9 Å². The maximum absolute atomic E-state index is 15.1. The van der Waals surface area contributed by atoms with Crippen LogP contribution in [0, 0.1) is 23.7 Å². The molecule has 3 aliphatic carbocycles. The maximum atomic E-state index is 15.1. The van der Waals surface area contributed by atoms with Crippen LogP contribution in [0.25, 0.3) is 11.1 Å². The summed E-state index contributed by atoms with van der Waals surface area (Å²) in [5.41, 5.74) is 5.92. The van der Waals surface area contributed by atoms with Crippen molar-refractivity contribution in [2.45, 2.75) is 108 Å². The van der Waals surface area contributed by atoms with Gasteiger partial charge in [0, 0.05) is 44.1 Å². The lowest BCUT2D eigenvalue weighted by atomic mass is 9.55. The van der Waals surface area contributed by atoms with Crippen LogP contribution in [0.15, 0.2) is 133 Å². The van der Waals surface area contributed by atoms with E-state index in [1.165, 1.54) is 12.8 Å². The average molecular weight is 941 g/mol. The van der Waals surface area contributed by atoms with E-state index in [0.29, 0.717) is 48.8 Å². The standard InChI is InChI=1S/C58H72N2O9/c1-2-35-66-58-54(60(31-36-65-37-34-63)55(64)30-23-42-15-9-10-16-42)40-52(59-67-41-43-17-5-3-6-18-43)50-38-46(21-11-13-32-61)49(22-12-14-33-62)56(57(50)58)51-39-48(28-29-53(51)69-58)68-47-26-24-45(25-27-47)44-19-7-4-8-20-44/h2-8,17-20,24-29,38-39,42,46,49,54,56-57,61-63H,1,9-16,21-23,30-37,40-41H2. The Hall–Kier alpha value is -5.30. The smallest absolute Gasteiger partial charge is 0.239 e. The Morgan fingerprint density at radius 2 is 1.52 bits per heavy atom. The molecule has 2 fully saturated rings. The number of hydrogen-bond acceptors (Lipinski definition) is 10. The highest BCUT2D eigenvalue weighted by Crippen LogP contribution is 2.62. The van der Waals surface area contributed by atoms with Crippen LogP contribution >= 0.6 is 0 Å². The van der Waals surface area contributed by atoms with Crippen molar-refractivity contribution >= 4 is 11.6 Å². The summed E-state index contributed by atoms with van der Waals surface area (Å²) in [6.45, 7) is 5.25. The Labute approximate surface area is 408 Å². The van der Waals surface area contributed by atoms with Gasteiger partial charge in [0.05, 0.1) is 38.1 Å². The van der Waals surface area contributed by atoms with Gasteiger partial charge >= 0.3 is 0 Å². The number of hydrogen-bond donors (Lipinski definition) is 3.